The van der Waals surface area contributed by atoms with Crippen LogP contribution in [-0.4, -0.2) is 24.3 Å². The summed E-state index contributed by atoms with van der Waals surface area (Å²) in [5.41, 5.74) is 2.21. The van der Waals surface area contributed by atoms with Gasteiger partial charge in [-0.1, -0.05) is 6.07 Å². The van der Waals surface area contributed by atoms with Gasteiger partial charge in [-0.15, -0.1) is 0 Å². The Kier molecular flexibility index (Phi) is 4.07. The predicted octanol–water partition coefficient (Wildman–Crippen LogP) is 2.56. The van der Waals surface area contributed by atoms with Gasteiger partial charge in [0.2, 0.25) is 0 Å². The lowest BCUT2D eigenvalue weighted by atomic mass is 10.0. The van der Waals surface area contributed by atoms with E-state index in [1.54, 1.807) is 0 Å². The summed E-state index contributed by atoms with van der Waals surface area (Å²) in [5, 5.41) is 8.65. The van der Waals surface area contributed by atoms with E-state index in [1.807, 2.05) is 19.1 Å². The fourth-order valence-electron chi connectivity index (χ4n) is 2.12. The van der Waals surface area contributed by atoms with Gasteiger partial charge in [-0.25, -0.2) is 0 Å². The third-order valence-corrected chi connectivity index (χ3v) is 3.11. The molecule has 2 rings (SSSR count). The molecule has 1 heterocycles. The molecule has 4 heteroatoms. The Morgan fingerprint density at radius 2 is 2.11 bits per heavy atom. The summed E-state index contributed by atoms with van der Waals surface area (Å²) in [4.78, 5) is 10.5. The molecule has 0 spiro atoms. The Hall–Kier alpha value is -1.71. The molecule has 1 aromatic rings. The van der Waals surface area contributed by atoms with E-state index in [9.17, 15) is 4.79 Å². The number of benzene rings is 1. The van der Waals surface area contributed by atoms with Crippen molar-refractivity contribution < 1.29 is 19.4 Å². The summed E-state index contributed by atoms with van der Waals surface area (Å²) >= 11 is 0. The van der Waals surface area contributed by atoms with Gasteiger partial charge in [-0.2, -0.15) is 0 Å². The van der Waals surface area contributed by atoms with E-state index in [2.05, 4.69) is 0 Å². The number of fused-ring (bicyclic) bond motifs is 1. The van der Waals surface area contributed by atoms with Gasteiger partial charge in [0, 0.05) is 12.8 Å². The molecule has 98 valence electrons. The number of ether oxygens (including phenoxy) is 2. The zero-order chi connectivity index (χ0) is 13.0. The summed E-state index contributed by atoms with van der Waals surface area (Å²) < 4.78 is 11.3. The molecule has 0 saturated heterocycles. The van der Waals surface area contributed by atoms with Gasteiger partial charge in [-0.05, 0) is 37.0 Å². The molecule has 0 atom stereocenters. The van der Waals surface area contributed by atoms with Crippen molar-refractivity contribution in [1.82, 2.24) is 0 Å². The summed E-state index contributed by atoms with van der Waals surface area (Å²) in [6, 6.07) is 3.93. The zero-order valence-corrected chi connectivity index (χ0v) is 10.6. The monoisotopic (exact) mass is 250 g/mol. The lowest BCUT2D eigenvalue weighted by molar-refractivity contribution is -0.137. The standard InChI is InChI=1S/C14H18O4/c1-10-11(4-2-5-13(15)16)6-7-12-14(10)18-9-3-8-17-12/h6-7H,2-5,8-9H2,1H3,(H,15,16). The van der Waals surface area contributed by atoms with Gasteiger partial charge < -0.3 is 14.6 Å². The van der Waals surface area contributed by atoms with Crippen molar-refractivity contribution in [2.24, 2.45) is 0 Å². The van der Waals surface area contributed by atoms with Crippen molar-refractivity contribution in [3.05, 3.63) is 23.3 Å². The molecule has 0 fully saturated rings. The topological polar surface area (TPSA) is 55.8 Å². The number of carboxylic acids is 1. The molecule has 18 heavy (non-hydrogen) atoms. The first-order chi connectivity index (χ1) is 8.68. The maximum Gasteiger partial charge on any atom is 0.303 e. The van der Waals surface area contributed by atoms with Crippen LogP contribution in [0.1, 0.15) is 30.4 Å². The average molecular weight is 250 g/mol. The quantitative estimate of drug-likeness (QED) is 0.892. The number of hydrogen-bond donors (Lipinski definition) is 1. The highest BCUT2D eigenvalue weighted by molar-refractivity contribution is 5.66. The number of carbonyl (C=O) groups is 1. The van der Waals surface area contributed by atoms with Gasteiger partial charge >= 0.3 is 5.97 Å². The normalized spacial score (nSPS) is 14.1. The molecule has 0 amide bonds. The first-order valence-corrected chi connectivity index (χ1v) is 6.28. The Morgan fingerprint density at radius 3 is 2.89 bits per heavy atom. The fourth-order valence-corrected chi connectivity index (χ4v) is 2.12. The van der Waals surface area contributed by atoms with E-state index in [-0.39, 0.29) is 6.42 Å². The number of aryl methyl sites for hydroxylation is 1. The van der Waals surface area contributed by atoms with Crippen LogP contribution in [0.3, 0.4) is 0 Å². The molecular formula is C14H18O4. The molecule has 1 aliphatic heterocycles. The van der Waals surface area contributed by atoms with Crippen LogP contribution in [0.2, 0.25) is 0 Å². The van der Waals surface area contributed by atoms with E-state index in [0.29, 0.717) is 19.6 Å². The average Bonchev–Trinajstić information content (AvgIpc) is 2.57. The van der Waals surface area contributed by atoms with Crippen LogP contribution < -0.4 is 9.47 Å². The van der Waals surface area contributed by atoms with Crippen molar-refractivity contribution in [3.8, 4) is 11.5 Å². The van der Waals surface area contributed by atoms with Crippen LogP contribution >= 0.6 is 0 Å². The molecule has 1 aliphatic rings. The van der Waals surface area contributed by atoms with E-state index in [0.717, 1.165) is 35.5 Å². The van der Waals surface area contributed by atoms with Crippen LogP contribution in [0.25, 0.3) is 0 Å². The van der Waals surface area contributed by atoms with Crippen molar-refractivity contribution >= 4 is 5.97 Å². The number of hydrogen-bond acceptors (Lipinski definition) is 3. The van der Waals surface area contributed by atoms with Crippen LogP contribution in [0, 0.1) is 6.92 Å². The second-order valence-electron chi connectivity index (χ2n) is 4.47. The molecule has 1 aromatic carbocycles. The fraction of sp³-hybridized carbons (Fsp3) is 0.500. The lowest BCUT2D eigenvalue weighted by Gasteiger charge is -2.13. The van der Waals surface area contributed by atoms with E-state index in [1.165, 1.54) is 0 Å². The number of aliphatic carboxylic acids is 1. The van der Waals surface area contributed by atoms with Crippen molar-refractivity contribution in [2.75, 3.05) is 13.2 Å². The third-order valence-electron chi connectivity index (χ3n) is 3.11. The smallest absolute Gasteiger partial charge is 0.303 e. The second kappa shape index (κ2) is 5.76. The highest BCUT2D eigenvalue weighted by Gasteiger charge is 2.15. The van der Waals surface area contributed by atoms with Crippen LogP contribution in [0.5, 0.6) is 11.5 Å². The van der Waals surface area contributed by atoms with Crippen molar-refractivity contribution in [1.29, 1.82) is 0 Å². The number of carboxylic acid groups (broad SMARTS) is 1. The summed E-state index contributed by atoms with van der Waals surface area (Å²) in [6.45, 7) is 3.36. The SMILES string of the molecule is Cc1c(CCCC(=O)O)ccc2c1OCCCO2. The molecule has 0 saturated carbocycles. The molecule has 1 N–H and O–H groups in total. The molecule has 0 radical (unpaired) electrons. The predicted molar refractivity (Wildman–Crippen MR) is 67.4 cm³/mol. The van der Waals surface area contributed by atoms with Crippen LogP contribution in [0.15, 0.2) is 12.1 Å². The van der Waals surface area contributed by atoms with Crippen LogP contribution in [-0.2, 0) is 11.2 Å². The Balaban J connectivity index is 2.12. The number of rotatable bonds is 4. The summed E-state index contributed by atoms with van der Waals surface area (Å²) in [5.74, 6) is 0.870. The van der Waals surface area contributed by atoms with Gasteiger partial charge in [0.25, 0.3) is 0 Å². The minimum atomic E-state index is -0.748. The van der Waals surface area contributed by atoms with Gasteiger partial charge in [0.15, 0.2) is 11.5 Å². The van der Waals surface area contributed by atoms with Gasteiger partial charge in [0.1, 0.15) is 0 Å². The molecular weight excluding hydrogens is 232 g/mol. The van der Waals surface area contributed by atoms with Crippen LogP contribution in [0.4, 0.5) is 0 Å². The molecule has 4 nitrogen and oxygen atoms in total. The van der Waals surface area contributed by atoms with Crippen molar-refractivity contribution in [3.63, 3.8) is 0 Å². The maximum absolute atomic E-state index is 10.5. The summed E-state index contributed by atoms with van der Waals surface area (Å²) in [7, 11) is 0. The minimum Gasteiger partial charge on any atom is -0.490 e. The largest absolute Gasteiger partial charge is 0.490 e. The Labute approximate surface area is 107 Å². The third kappa shape index (κ3) is 2.94. The lowest BCUT2D eigenvalue weighted by Crippen LogP contribution is -2.00. The highest BCUT2D eigenvalue weighted by atomic mass is 16.5. The maximum atomic E-state index is 10.5. The van der Waals surface area contributed by atoms with Gasteiger partial charge in [0.05, 0.1) is 13.2 Å². The van der Waals surface area contributed by atoms with E-state index < -0.39 is 5.97 Å². The van der Waals surface area contributed by atoms with E-state index in [4.69, 9.17) is 14.6 Å². The first kappa shape index (κ1) is 12.7. The highest BCUT2D eigenvalue weighted by Crippen LogP contribution is 2.35. The zero-order valence-electron chi connectivity index (χ0n) is 10.6. The Morgan fingerprint density at radius 1 is 1.33 bits per heavy atom. The molecule has 0 aromatic heterocycles. The Bertz CT molecular complexity index is 440. The molecule has 0 unspecified atom stereocenters. The van der Waals surface area contributed by atoms with Crippen molar-refractivity contribution in [2.45, 2.75) is 32.6 Å². The first-order valence-electron chi connectivity index (χ1n) is 6.28. The molecule has 0 aliphatic carbocycles. The van der Waals surface area contributed by atoms with E-state index >= 15 is 0 Å². The van der Waals surface area contributed by atoms with Gasteiger partial charge in [-0.3, -0.25) is 4.79 Å². The summed E-state index contributed by atoms with van der Waals surface area (Å²) in [6.07, 6.45) is 2.50. The second-order valence-corrected chi connectivity index (χ2v) is 4.47. The minimum absolute atomic E-state index is 0.202. The molecule has 0 bridgehead atoms.